The normalized spacial score (nSPS) is 10.5. The third-order valence-electron chi connectivity index (χ3n) is 4.57. The summed E-state index contributed by atoms with van der Waals surface area (Å²) in [5.41, 5.74) is 3.73. The number of hydrogen-bond donors (Lipinski definition) is 0. The van der Waals surface area contributed by atoms with Crippen LogP contribution < -0.4 is 9.47 Å². The Morgan fingerprint density at radius 3 is 1.44 bits per heavy atom. The average molecular weight is 434 g/mol. The van der Waals surface area contributed by atoms with Crippen LogP contribution in [-0.2, 0) is 32.3 Å². The largest absolute Gasteiger partial charge is 0.461 e. The minimum Gasteiger partial charge on any atom is -0.461 e. The molecule has 0 atom stereocenters. The second kappa shape index (κ2) is 11.0. The fraction of sp³-hybridized carbons (Fsp3) is 0.231. The van der Waals surface area contributed by atoms with Crippen molar-refractivity contribution in [1.82, 2.24) is 0 Å². The molecule has 0 bridgehead atoms. The predicted molar refractivity (Wildman–Crippen MR) is 119 cm³/mol. The molecular weight excluding hydrogens is 408 g/mol. The summed E-state index contributed by atoms with van der Waals surface area (Å²) >= 11 is 0. The Balaban J connectivity index is 1.73. The molecule has 0 amide bonds. The summed E-state index contributed by atoms with van der Waals surface area (Å²) in [6.07, 6.45) is -0.672. The first-order valence-electron chi connectivity index (χ1n) is 10.2. The van der Waals surface area contributed by atoms with E-state index in [1.807, 2.05) is 79.7 Å². The summed E-state index contributed by atoms with van der Waals surface area (Å²) in [4.78, 5) is 22.0. The molecule has 3 aromatic rings. The summed E-state index contributed by atoms with van der Waals surface area (Å²) < 4.78 is 22.3. The number of benzene rings is 3. The molecule has 6 heteroatoms. The van der Waals surface area contributed by atoms with Gasteiger partial charge in [0.05, 0.1) is 0 Å². The molecule has 0 saturated heterocycles. The predicted octanol–water partition coefficient (Wildman–Crippen LogP) is 5.28. The van der Waals surface area contributed by atoms with Gasteiger partial charge in [-0.1, -0.05) is 54.1 Å². The Bertz CT molecular complexity index is 960. The maximum absolute atomic E-state index is 11.0. The molecule has 0 fully saturated rings. The molecule has 6 nitrogen and oxygen atoms in total. The number of hydrogen-bond acceptors (Lipinski definition) is 6. The molecule has 0 radical (unpaired) electrons. The van der Waals surface area contributed by atoms with Crippen molar-refractivity contribution in [2.75, 3.05) is 0 Å². The molecular formula is C26H26O6. The van der Waals surface area contributed by atoms with E-state index in [4.69, 9.17) is 18.9 Å². The van der Waals surface area contributed by atoms with Crippen molar-refractivity contribution < 1.29 is 28.5 Å². The molecule has 3 aromatic carbocycles. The first kappa shape index (κ1) is 22.9. The van der Waals surface area contributed by atoms with E-state index in [2.05, 4.69) is 0 Å². The maximum atomic E-state index is 11.0. The van der Waals surface area contributed by atoms with Crippen molar-refractivity contribution >= 4 is 11.9 Å². The Labute approximate surface area is 187 Å². The first-order chi connectivity index (χ1) is 15.4. The Morgan fingerprint density at radius 2 is 1.06 bits per heavy atom. The van der Waals surface area contributed by atoms with E-state index in [0.29, 0.717) is 11.5 Å². The molecule has 0 spiro atoms. The van der Waals surface area contributed by atoms with Crippen molar-refractivity contribution in [3.63, 3.8) is 0 Å². The average Bonchev–Trinajstić information content (AvgIpc) is 2.78. The van der Waals surface area contributed by atoms with Gasteiger partial charge in [-0.3, -0.25) is 9.59 Å². The highest BCUT2D eigenvalue weighted by atomic mass is 16.7. The summed E-state index contributed by atoms with van der Waals surface area (Å²) in [7, 11) is 0. The monoisotopic (exact) mass is 434 g/mol. The van der Waals surface area contributed by atoms with Gasteiger partial charge in [0.25, 0.3) is 6.29 Å². The van der Waals surface area contributed by atoms with Crippen LogP contribution in [0.4, 0.5) is 0 Å². The molecule has 32 heavy (non-hydrogen) atoms. The Morgan fingerprint density at radius 1 is 0.656 bits per heavy atom. The van der Waals surface area contributed by atoms with E-state index in [-0.39, 0.29) is 25.2 Å². The van der Waals surface area contributed by atoms with Crippen molar-refractivity contribution in [3.8, 4) is 11.5 Å². The van der Waals surface area contributed by atoms with Gasteiger partial charge in [0.15, 0.2) is 0 Å². The first-order valence-corrected chi connectivity index (χ1v) is 10.2. The lowest BCUT2D eigenvalue weighted by molar-refractivity contribution is -0.143. The molecule has 0 saturated carbocycles. The molecule has 0 unspecified atom stereocenters. The number of ether oxygens (including phenoxy) is 4. The van der Waals surface area contributed by atoms with Gasteiger partial charge in [-0.05, 0) is 42.3 Å². The quantitative estimate of drug-likeness (QED) is 0.337. The lowest BCUT2D eigenvalue weighted by Crippen LogP contribution is -2.15. The summed E-state index contributed by atoms with van der Waals surface area (Å²) in [5, 5.41) is 0. The number of esters is 2. The van der Waals surface area contributed by atoms with Crippen LogP contribution in [0.3, 0.4) is 0 Å². The summed E-state index contributed by atoms with van der Waals surface area (Å²) in [5.74, 6) is 0.594. The van der Waals surface area contributed by atoms with Gasteiger partial charge >= 0.3 is 11.9 Å². The van der Waals surface area contributed by atoms with Gasteiger partial charge in [0, 0.05) is 19.4 Å². The van der Waals surface area contributed by atoms with E-state index in [9.17, 15) is 9.59 Å². The standard InChI is InChI=1S/C26H26O6/c1-18-4-10-23(11-5-18)26(31-24-12-6-21(7-13-24)16-29-19(2)27)32-25-14-8-22(9-15-25)17-30-20(3)28/h4-15,26H,16-17H2,1-3H3. The molecule has 0 aromatic heterocycles. The smallest absolute Gasteiger partial charge is 0.302 e. The minimum absolute atomic E-state index is 0.215. The Hall–Kier alpha value is -3.80. The highest BCUT2D eigenvalue weighted by Crippen LogP contribution is 2.27. The second-order valence-corrected chi connectivity index (χ2v) is 7.33. The van der Waals surface area contributed by atoms with Gasteiger partial charge < -0.3 is 18.9 Å². The molecule has 0 aliphatic rings. The SMILES string of the molecule is CC(=O)OCc1ccc(OC(Oc2ccc(COC(C)=O)cc2)c2ccc(C)cc2)cc1. The molecule has 0 heterocycles. The molecule has 0 aliphatic heterocycles. The van der Waals surface area contributed by atoms with Gasteiger partial charge in [0.2, 0.25) is 0 Å². The molecule has 0 aliphatic carbocycles. The molecule has 0 N–H and O–H groups in total. The van der Waals surface area contributed by atoms with Crippen LogP contribution in [0.15, 0.2) is 72.8 Å². The topological polar surface area (TPSA) is 71.1 Å². The van der Waals surface area contributed by atoms with Crippen molar-refractivity contribution in [2.45, 2.75) is 40.3 Å². The van der Waals surface area contributed by atoms with E-state index >= 15 is 0 Å². The Kier molecular flexibility index (Phi) is 7.86. The summed E-state index contributed by atoms with van der Waals surface area (Å²) in [6.45, 7) is 5.21. The highest BCUT2D eigenvalue weighted by molar-refractivity contribution is 5.66. The van der Waals surface area contributed by atoms with Crippen LogP contribution in [0.1, 0.15) is 42.4 Å². The third-order valence-corrected chi connectivity index (χ3v) is 4.57. The van der Waals surface area contributed by atoms with Crippen LogP contribution in [-0.4, -0.2) is 11.9 Å². The van der Waals surface area contributed by atoms with E-state index in [0.717, 1.165) is 22.3 Å². The maximum Gasteiger partial charge on any atom is 0.302 e. The summed E-state index contributed by atoms with van der Waals surface area (Å²) in [6, 6.07) is 22.5. The van der Waals surface area contributed by atoms with Crippen LogP contribution in [0.2, 0.25) is 0 Å². The van der Waals surface area contributed by atoms with Crippen molar-refractivity contribution in [1.29, 1.82) is 0 Å². The van der Waals surface area contributed by atoms with Gasteiger partial charge in [0.1, 0.15) is 24.7 Å². The zero-order chi connectivity index (χ0) is 22.9. The number of aryl methyl sites for hydroxylation is 1. The van der Waals surface area contributed by atoms with E-state index < -0.39 is 6.29 Å². The van der Waals surface area contributed by atoms with Crippen LogP contribution in [0.25, 0.3) is 0 Å². The highest BCUT2D eigenvalue weighted by Gasteiger charge is 2.16. The second-order valence-electron chi connectivity index (χ2n) is 7.33. The van der Waals surface area contributed by atoms with Crippen LogP contribution in [0, 0.1) is 6.92 Å². The third kappa shape index (κ3) is 7.16. The van der Waals surface area contributed by atoms with Crippen LogP contribution >= 0.6 is 0 Å². The molecule has 3 rings (SSSR count). The van der Waals surface area contributed by atoms with Gasteiger partial charge in [-0.2, -0.15) is 0 Å². The van der Waals surface area contributed by atoms with Crippen molar-refractivity contribution in [2.24, 2.45) is 0 Å². The lowest BCUT2D eigenvalue weighted by Gasteiger charge is -2.21. The van der Waals surface area contributed by atoms with E-state index in [1.54, 1.807) is 0 Å². The minimum atomic E-state index is -0.672. The van der Waals surface area contributed by atoms with Crippen LogP contribution in [0.5, 0.6) is 11.5 Å². The van der Waals surface area contributed by atoms with Gasteiger partial charge in [-0.15, -0.1) is 0 Å². The fourth-order valence-corrected chi connectivity index (χ4v) is 2.83. The zero-order valence-electron chi connectivity index (χ0n) is 18.4. The number of carbonyl (C=O) groups excluding carboxylic acids is 2. The number of carbonyl (C=O) groups is 2. The van der Waals surface area contributed by atoms with E-state index in [1.165, 1.54) is 13.8 Å². The molecule has 166 valence electrons. The number of rotatable bonds is 9. The lowest BCUT2D eigenvalue weighted by atomic mass is 10.1. The van der Waals surface area contributed by atoms with Crippen molar-refractivity contribution in [3.05, 3.63) is 95.1 Å². The van der Waals surface area contributed by atoms with Gasteiger partial charge in [-0.25, -0.2) is 0 Å². The fourth-order valence-electron chi connectivity index (χ4n) is 2.83. The zero-order valence-corrected chi connectivity index (χ0v) is 18.4.